The Balaban J connectivity index is 2.04. The number of hydrogen-bond acceptors (Lipinski definition) is 3. The van der Waals surface area contributed by atoms with E-state index >= 15 is 0 Å². The quantitative estimate of drug-likeness (QED) is 0.414. The zero-order chi connectivity index (χ0) is 8.40. The van der Waals surface area contributed by atoms with Crippen molar-refractivity contribution in [2.24, 2.45) is 0 Å². The Morgan fingerprint density at radius 1 is 1.25 bits per heavy atom. The van der Waals surface area contributed by atoms with Gasteiger partial charge in [-0.15, -0.1) is 0 Å². The maximum absolute atomic E-state index is 5.77. The molecular formula is C7H15N3PS+. The first kappa shape index (κ1) is 7.89. The van der Waals surface area contributed by atoms with Gasteiger partial charge in [-0.25, -0.2) is 9.80 Å². The second-order valence-corrected chi connectivity index (χ2v) is 10.2. The molecule has 12 heavy (non-hydrogen) atoms. The lowest BCUT2D eigenvalue weighted by Crippen LogP contribution is -2.70. The predicted octanol–water partition coefficient (Wildman–Crippen LogP) is 0.302. The Morgan fingerprint density at radius 3 is 2.25 bits per heavy atom. The first-order valence-electron chi connectivity index (χ1n) is 4.42. The van der Waals surface area contributed by atoms with Gasteiger partial charge >= 0.3 is 0 Å². The highest BCUT2D eigenvalue weighted by Crippen LogP contribution is 2.57. The average Bonchev–Trinajstić information content (AvgIpc) is 1.75. The normalized spacial score (nSPS) is 62.4. The van der Waals surface area contributed by atoms with Crippen molar-refractivity contribution in [2.75, 3.05) is 45.9 Å². The Labute approximate surface area is 78.5 Å². The van der Waals surface area contributed by atoms with Gasteiger partial charge in [0.05, 0.1) is 13.7 Å². The number of hydrogen-bond donors (Lipinski definition) is 0. The summed E-state index contributed by atoms with van der Waals surface area (Å²) < 4.78 is 1.21. The Bertz CT molecular complexity index is 262. The summed E-state index contributed by atoms with van der Waals surface area (Å²) in [6.07, 6.45) is 3.83. The molecule has 0 saturated carbocycles. The lowest BCUT2D eigenvalue weighted by Gasteiger charge is -2.59. The third-order valence-corrected chi connectivity index (χ3v) is 7.07. The molecule has 4 heterocycles. The van der Waals surface area contributed by atoms with Gasteiger partial charge in [0.15, 0.2) is 0 Å². The maximum Gasteiger partial charge on any atom is 0.137 e. The van der Waals surface area contributed by atoms with E-state index < -0.39 is 6.04 Å². The number of quaternary nitrogens is 1. The molecule has 2 unspecified atom stereocenters. The van der Waals surface area contributed by atoms with E-state index in [9.17, 15) is 0 Å². The summed E-state index contributed by atoms with van der Waals surface area (Å²) >= 11 is 5.77. The van der Waals surface area contributed by atoms with Crippen LogP contribution in [0.25, 0.3) is 0 Å². The van der Waals surface area contributed by atoms with Crippen LogP contribution in [0.4, 0.5) is 0 Å². The summed E-state index contributed by atoms with van der Waals surface area (Å²) in [5.41, 5.74) is 0. The highest BCUT2D eigenvalue weighted by molar-refractivity contribution is 8.14. The third-order valence-electron chi connectivity index (χ3n) is 3.00. The molecule has 4 aliphatic heterocycles. The summed E-state index contributed by atoms with van der Waals surface area (Å²) in [6.45, 7) is 3.68. The Morgan fingerprint density at radius 2 is 1.83 bits per heavy atom. The van der Waals surface area contributed by atoms with Gasteiger partial charge in [-0.3, -0.25) is 4.48 Å². The van der Waals surface area contributed by atoms with Gasteiger partial charge in [-0.05, 0) is 0 Å². The van der Waals surface area contributed by atoms with E-state index in [1.54, 1.807) is 0 Å². The van der Waals surface area contributed by atoms with Crippen molar-refractivity contribution in [3.8, 4) is 0 Å². The second-order valence-electron chi connectivity index (χ2n) is 4.87. The number of rotatable bonds is 0. The molecule has 0 aliphatic carbocycles. The van der Waals surface area contributed by atoms with Gasteiger partial charge in [0.2, 0.25) is 0 Å². The van der Waals surface area contributed by atoms with Crippen molar-refractivity contribution in [1.29, 1.82) is 0 Å². The van der Waals surface area contributed by atoms with Gasteiger partial charge in [0, 0.05) is 18.6 Å². The SMILES string of the molecule is C[N+]12CN3CN(C1)CP(=S)(C3)C2. The molecule has 0 aromatic rings. The van der Waals surface area contributed by atoms with Crippen LogP contribution in [-0.4, -0.2) is 60.2 Å². The van der Waals surface area contributed by atoms with Crippen LogP contribution in [0.15, 0.2) is 0 Å². The van der Waals surface area contributed by atoms with E-state index in [0.29, 0.717) is 0 Å². The van der Waals surface area contributed by atoms with E-state index in [0.717, 1.165) is 0 Å². The molecule has 0 radical (unpaired) electrons. The van der Waals surface area contributed by atoms with Crippen LogP contribution < -0.4 is 0 Å². The van der Waals surface area contributed by atoms with Crippen molar-refractivity contribution in [2.45, 2.75) is 0 Å². The molecule has 0 amide bonds. The van der Waals surface area contributed by atoms with Gasteiger partial charge in [0.1, 0.15) is 19.6 Å². The molecule has 4 saturated heterocycles. The van der Waals surface area contributed by atoms with E-state index in [4.69, 9.17) is 11.8 Å². The molecule has 0 aromatic heterocycles. The first-order valence-corrected chi connectivity index (χ1v) is 7.78. The van der Waals surface area contributed by atoms with Crippen LogP contribution in [0.1, 0.15) is 0 Å². The van der Waals surface area contributed by atoms with Crippen LogP contribution in [0.5, 0.6) is 0 Å². The highest BCUT2D eigenvalue weighted by atomic mass is 32.4. The molecule has 0 aromatic carbocycles. The Kier molecular flexibility index (Phi) is 1.40. The molecule has 4 aliphatic rings. The largest absolute Gasteiger partial charge is 0.297 e. The fourth-order valence-electron chi connectivity index (χ4n) is 3.14. The fourth-order valence-corrected chi connectivity index (χ4v) is 8.46. The van der Waals surface area contributed by atoms with Crippen LogP contribution in [0.3, 0.4) is 0 Å². The van der Waals surface area contributed by atoms with E-state index in [-0.39, 0.29) is 0 Å². The van der Waals surface area contributed by atoms with Crippen molar-refractivity contribution in [3.63, 3.8) is 0 Å². The summed E-state index contributed by atoms with van der Waals surface area (Å²) in [5, 5.41) is 0. The molecule has 4 fully saturated rings. The van der Waals surface area contributed by atoms with Gasteiger partial charge < -0.3 is 0 Å². The van der Waals surface area contributed by atoms with Gasteiger partial charge in [0.25, 0.3) is 0 Å². The first-order chi connectivity index (χ1) is 5.57. The zero-order valence-electron chi connectivity index (χ0n) is 7.44. The average molecular weight is 204 g/mol. The molecule has 3 nitrogen and oxygen atoms in total. The van der Waals surface area contributed by atoms with Crippen molar-refractivity contribution in [1.82, 2.24) is 9.80 Å². The molecule has 68 valence electrons. The van der Waals surface area contributed by atoms with Crippen LogP contribution in [0.2, 0.25) is 0 Å². The minimum atomic E-state index is -0.978. The summed E-state index contributed by atoms with van der Waals surface area (Å²) in [7, 11) is 2.36. The predicted molar refractivity (Wildman–Crippen MR) is 53.3 cm³/mol. The molecule has 4 rings (SSSR count). The lowest BCUT2D eigenvalue weighted by molar-refractivity contribution is -0.930. The van der Waals surface area contributed by atoms with E-state index in [2.05, 4.69) is 16.8 Å². The number of nitrogens with zero attached hydrogens (tertiary/aromatic N) is 3. The molecule has 2 atom stereocenters. The third kappa shape index (κ3) is 1.03. The second kappa shape index (κ2) is 2.12. The Hall–Kier alpha value is 0.530. The minimum absolute atomic E-state index is 0.978. The minimum Gasteiger partial charge on any atom is -0.297 e. The topological polar surface area (TPSA) is 6.48 Å². The van der Waals surface area contributed by atoms with Gasteiger partial charge in [-0.1, -0.05) is 11.8 Å². The van der Waals surface area contributed by atoms with Crippen molar-refractivity contribution >= 4 is 17.8 Å². The zero-order valence-corrected chi connectivity index (χ0v) is 9.15. The smallest absolute Gasteiger partial charge is 0.137 e. The van der Waals surface area contributed by atoms with E-state index in [1.807, 2.05) is 0 Å². The molecule has 4 bridgehead atoms. The van der Waals surface area contributed by atoms with Gasteiger partial charge in [-0.2, -0.15) is 0 Å². The van der Waals surface area contributed by atoms with Crippen molar-refractivity contribution < 1.29 is 4.48 Å². The van der Waals surface area contributed by atoms with Crippen LogP contribution in [-0.2, 0) is 11.8 Å². The van der Waals surface area contributed by atoms with E-state index in [1.165, 1.54) is 43.3 Å². The summed E-state index contributed by atoms with van der Waals surface area (Å²) in [5.74, 6) is 0. The fraction of sp³-hybridized carbons (Fsp3) is 1.00. The van der Waals surface area contributed by atoms with Crippen molar-refractivity contribution in [3.05, 3.63) is 0 Å². The maximum atomic E-state index is 5.77. The lowest BCUT2D eigenvalue weighted by atomic mass is 10.5. The molecular weight excluding hydrogens is 189 g/mol. The monoisotopic (exact) mass is 204 g/mol. The van der Waals surface area contributed by atoms with Crippen LogP contribution in [0, 0.1) is 0 Å². The standard InChI is InChI=1S/C7H15N3PS/c1-10-3-8-2-9(4-10)6-11(12,5-8)7-10/h2-7H2,1H3/q+1. The highest BCUT2D eigenvalue weighted by Gasteiger charge is 2.50. The van der Waals surface area contributed by atoms with Crippen LogP contribution >= 0.6 is 6.04 Å². The molecule has 0 spiro atoms. The summed E-state index contributed by atoms with van der Waals surface area (Å²) in [4.78, 5) is 5.11. The summed E-state index contributed by atoms with van der Waals surface area (Å²) in [6, 6.07) is -0.978. The molecule has 5 heteroatoms. The molecule has 0 N–H and O–H groups in total.